The van der Waals surface area contributed by atoms with Gasteiger partial charge in [0, 0.05) is 5.38 Å². The van der Waals surface area contributed by atoms with E-state index in [0.717, 1.165) is 16.1 Å². The Morgan fingerprint density at radius 3 is 2.24 bits per heavy atom. The third-order valence-corrected chi connectivity index (χ3v) is 7.14. The van der Waals surface area contributed by atoms with Crippen molar-refractivity contribution in [3.8, 4) is 0 Å². The van der Waals surface area contributed by atoms with Crippen LogP contribution in [0, 0.1) is 6.92 Å². The molecule has 3 N–H and O–H groups in total. The topological polar surface area (TPSA) is 246 Å². The van der Waals surface area contributed by atoms with E-state index in [1.54, 1.807) is 41.5 Å². The van der Waals surface area contributed by atoms with Crippen molar-refractivity contribution in [2.24, 2.45) is 5.16 Å². The predicted octanol–water partition coefficient (Wildman–Crippen LogP) is 0.825. The zero-order valence-corrected chi connectivity index (χ0v) is 27.6. The number of carbonyl (C=O) groups is 4. The van der Waals surface area contributed by atoms with Crippen molar-refractivity contribution in [2.75, 3.05) is 5.32 Å². The molecule has 0 bridgehead atoms. The van der Waals surface area contributed by atoms with Gasteiger partial charge in [-0.1, -0.05) is 5.16 Å². The summed E-state index contributed by atoms with van der Waals surface area (Å²) in [5, 5.41) is 21.3. The lowest BCUT2D eigenvalue weighted by molar-refractivity contribution is -0.179. The minimum absolute atomic E-state index is 0.00826. The average molecular weight is 674 g/mol. The number of ether oxygens (including phenoxy) is 2. The van der Waals surface area contributed by atoms with Crippen molar-refractivity contribution in [1.82, 2.24) is 34.8 Å². The number of aromatic nitrogens is 5. The molecule has 1 saturated heterocycles. The van der Waals surface area contributed by atoms with Gasteiger partial charge in [-0.3, -0.25) is 19.5 Å². The number of β-lactam (4-membered cyclic amide) rings is 1. The lowest BCUT2D eigenvalue weighted by Gasteiger charge is -2.43. The predicted molar refractivity (Wildman–Crippen MR) is 156 cm³/mol. The summed E-state index contributed by atoms with van der Waals surface area (Å²) in [6, 6.07) is -2.86. The second-order valence-corrected chi connectivity index (χ2v) is 14.4. The van der Waals surface area contributed by atoms with Gasteiger partial charge in [-0.25, -0.2) is 18.9 Å². The van der Waals surface area contributed by atoms with Gasteiger partial charge >= 0.3 is 22.4 Å². The van der Waals surface area contributed by atoms with Gasteiger partial charge in [0.15, 0.2) is 16.7 Å². The maximum absolute atomic E-state index is 13.6. The smallest absolute Gasteiger partial charge is 0.413 e. The van der Waals surface area contributed by atoms with E-state index >= 15 is 0 Å². The number of aryl methyl sites for hydroxylation is 1. The largest absolute Gasteiger partial charge is 0.457 e. The van der Waals surface area contributed by atoms with Crippen molar-refractivity contribution in [1.29, 1.82) is 0 Å². The third kappa shape index (κ3) is 9.38. The Balaban J connectivity index is 1.93. The van der Waals surface area contributed by atoms with Crippen LogP contribution < -0.4 is 10.6 Å². The Morgan fingerprint density at radius 2 is 1.71 bits per heavy atom. The molecule has 0 aromatic carbocycles. The van der Waals surface area contributed by atoms with Gasteiger partial charge in [0.25, 0.3) is 11.8 Å². The van der Waals surface area contributed by atoms with Crippen molar-refractivity contribution >= 4 is 56.4 Å². The van der Waals surface area contributed by atoms with Crippen LogP contribution in [0.5, 0.6) is 0 Å². The van der Waals surface area contributed by atoms with Crippen LogP contribution >= 0.6 is 11.3 Å². The lowest BCUT2D eigenvalue weighted by atomic mass is 9.98. The molecule has 1 fully saturated rings. The minimum Gasteiger partial charge on any atom is -0.457 e. The number of carbonyl (C=O) groups excluding carboxylic acids is 4. The van der Waals surface area contributed by atoms with E-state index in [1.807, 2.05) is 0 Å². The van der Waals surface area contributed by atoms with E-state index in [4.69, 9.17) is 14.3 Å². The molecule has 3 amide bonds. The van der Waals surface area contributed by atoms with E-state index in [2.05, 4.69) is 36.2 Å². The highest BCUT2D eigenvalue weighted by Crippen LogP contribution is 2.26. The van der Waals surface area contributed by atoms with Crippen LogP contribution in [0.3, 0.4) is 0 Å². The molecule has 2 atom stereocenters. The Labute approximate surface area is 262 Å². The van der Waals surface area contributed by atoms with Crippen LogP contribution in [0.4, 0.5) is 9.93 Å². The second-order valence-electron chi connectivity index (χ2n) is 12.2. The Bertz CT molecular complexity index is 1600. The minimum atomic E-state index is -5.02. The average Bonchev–Trinajstić information content (AvgIpc) is 3.47. The van der Waals surface area contributed by atoms with Crippen molar-refractivity contribution < 1.29 is 46.5 Å². The van der Waals surface area contributed by atoms with E-state index in [0.29, 0.717) is 0 Å². The molecular formula is C24H35N9O10S2. The molecule has 0 spiro atoms. The van der Waals surface area contributed by atoms with Crippen LogP contribution in [0.25, 0.3) is 0 Å². The molecule has 1 aliphatic rings. The van der Waals surface area contributed by atoms with Crippen LogP contribution in [0.2, 0.25) is 0 Å². The number of anilines is 1. The van der Waals surface area contributed by atoms with Crippen molar-refractivity contribution in [3.63, 3.8) is 0 Å². The zero-order chi connectivity index (χ0) is 34.1. The van der Waals surface area contributed by atoms with Gasteiger partial charge in [-0.2, -0.15) is 13.2 Å². The van der Waals surface area contributed by atoms with Gasteiger partial charge in [-0.15, -0.1) is 21.5 Å². The maximum atomic E-state index is 13.6. The van der Waals surface area contributed by atoms with Gasteiger partial charge in [0.1, 0.15) is 29.0 Å². The number of esters is 1. The molecule has 21 heteroatoms. The number of nitrogens with zero attached hydrogens (tertiary/aromatic N) is 7. The summed E-state index contributed by atoms with van der Waals surface area (Å²) < 4.78 is 44.2. The first-order valence-electron chi connectivity index (χ1n) is 13.3. The van der Waals surface area contributed by atoms with Crippen LogP contribution in [0.1, 0.15) is 66.9 Å². The molecule has 2 aromatic heterocycles. The Hall–Kier alpha value is -4.24. The molecule has 0 unspecified atom stereocenters. The highest BCUT2D eigenvalue weighted by Gasteiger charge is 2.54. The molecule has 1 aliphatic heterocycles. The molecule has 2 aromatic rings. The Morgan fingerprint density at radius 1 is 1.09 bits per heavy atom. The number of rotatable bonds is 10. The van der Waals surface area contributed by atoms with Crippen molar-refractivity contribution in [3.05, 3.63) is 16.9 Å². The molecule has 0 aliphatic carbocycles. The summed E-state index contributed by atoms with van der Waals surface area (Å²) in [6.07, 6.45) is -0.821. The number of amides is 3. The fraction of sp³-hybridized carbons (Fsp3) is 0.625. The van der Waals surface area contributed by atoms with Crippen LogP contribution in [-0.4, -0.2) is 101 Å². The van der Waals surface area contributed by atoms with Crippen LogP contribution in [-0.2, 0) is 45.5 Å². The summed E-state index contributed by atoms with van der Waals surface area (Å²) >= 11 is 0.899. The highest BCUT2D eigenvalue weighted by atomic mass is 32.2. The molecule has 0 radical (unpaired) electrons. The number of hydrogen-bond donors (Lipinski definition) is 3. The summed E-state index contributed by atoms with van der Waals surface area (Å²) in [4.78, 5) is 61.9. The SMILES string of the molecule is Cc1nnn(C[C@@H]2[C@H](NC(=O)/C(=N\OC(C)(C)C(=O)OC(C)(C)C)c3csc(NC(=O)OC(C)(C)C)n3)C(=O)N2S(=O)(=O)O)n1. The molecular weight excluding hydrogens is 638 g/mol. The fourth-order valence-corrected chi connectivity index (χ4v) is 5.10. The number of thiazole rings is 1. The van der Waals surface area contributed by atoms with Crippen molar-refractivity contribution in [2.45, 2.75) is 97.7 Å². The molecule has 3 heterocycles. The van der Waals surface area contributed by atoms with Gasteiger partial charge < -0.3 is 19.6 Å². The van der Waals surface area contributed by atoms with Gasteiger partial charge in [0.05, 0.1) is 6.54 Å². The molecule has 0 saturated carbocycles. The molecule has 3 rings (SSSR count). The number of tetrazole rings is 1. The Kier molecular flexibility index (Phi) is 9.89. The molecule has 45 heavy (non-hydrogen) atoms. The first-order valence-corrected chi connectivity index (χ1v) is 15.6. The van der Waals surface area contributed by atoms with E-state index in [1.165, 1.54) is 26.2 Å². The summed E-state index contributed by atoms with van der Waals surface area (Å²) in [5.74, 6) is -2.80. The number of hydrogen-bond acceptors (Lipinski definition) is 15. The summed E-state index contributed by atoms with van der Waals surface area (Å²) in [6.45, 7) is 13.8. The van der Waals surface area contributed by atoms with Gasteiger partial charge in [-0.05, 0) is 67.5 Å². The van der Waals surface area contributed by atoms with E-state index in [9.17, 15) is 32.1 Å². The zero-order valence-electron chi connectivity index (χ0n) is 26.0. The normalized spacial score (nSPS) is 17.8. The molecule has 248 valence electrons. The van der Waals surface area contributed by atoms with E-state index < -0.39 is 68.8 Å². The maximum Gasteiger partial charge on any atom is 0.413 e. The van der Waals surface area contributed by atoms with Crippen LogP contribution in [0.15, 0.2) is 10.5 Å². The number of nitrogens with one attached hydrogen (secondary N) is 2. The third-order valence-electron chi connectivity index (χ3n) is 5.43. The summed E-state index contributed by atoms with van der Waals surface area (Å²) in [7, 11) is -5.02. The first-order chi connectivity index (χ1) is 20.5. The first kappa shape index (κ1) is 35.2. The van der Waals surface area contributed by atoms with E-state index in [-0.39, 0.29) is 27.5 Å². The summed E-state index contributed by atoms with van der Waals surface area (Å²) in [5.41, 5.74) is -4.08. The molecule has 19 nitrogen and oxygen atoms in total. The monoisotopic (exact) mass is 673 g/mol. The van der Waals surface area contributed by atoms with Gasteiger partial charge in [0.2, 0.25) is 5.60 Å². The second kappa shape index (κ2) is 12.6. The quantitative estimate of drug-likeness (QED) is 0.104. The highest BCUT2D eigenvalue weighted by molar-refractivity contribution is 7.84. The fourth-order valence-electron chi connectivity index (χ4n) is 3.55. The lowest BCUT2D eigenvalue weighted by Crippen LogP contribution is -2.73. The standard InChI is InChI=1S/C24H35N9O10S2/c1-12-28-31-32(29-12)10-14-16(18(35)33(14)45(38,39)40)26-17(34)15(30-43-24(8,9)19(36)41-22(2,3)4)13-11-44-20(25-13)27-21(37)42-23(5,6)7/h11,14,16H,10H2,1-9H3,(H,26,34)(H,25,27,37)(H,38,39,40)/b30-15-/t14-,16+/m1/s1. The number of oxime groups is 1.